The number of benzene rings is 2. The molecule has 0 fully saturated rings. The number of hydrogen-bond donors (Lipinski definition) is 0. The highest BCUT2D eigenvalue weighted by atomic mass is 79.9. The smallest absolute Gasteiger partial charge is 0.337 e. The molecule has 2 aromatic carbocycles. The van der Waals surface area contributed by atoms with Crippen molar-refractivity contribution in [1.29, 1.82) is 0 Å². The number of hydrogen-bond acceptors (Lipinski definition) is 6. The van der Waals surface area contributed by atoms with Crippen molar-refractivity contribution in [3.05, 3.63) is 79.2 Å². The van der Waals surface area contributed by atoms with Gasteiger partial charge in [-0.25, -0.2) is 9.78 Å². The number of rotatable bonds is 5. The second-order valence-electron chi connectivity index (χ2n) is 6.19. The molecule has 1 heterocycles. The quantitative estimate of drug-likeness (QED) is 0.292. The Hall–Kier alpha value is -2.58. The second kappa shape index (κ2) is 9.07. The summed E-state index contributed by atoms with van der Waals surface area (Å²) in [7, 11) is 1.35. The molecule has 0 aliphatic carbocycles. The predicted molar refractivity (Wildman–Crippen MR) is 115 cm³/mol. The molecule has 3 aromatic rings. The maximum atomic E-state index is 11.5. The number of nitro benzene ring substituents is 1. The number of aromatic nitrogens is 1. The fourth-order valence-electron chi connectivity index (χ4n) is 2.83. The summed E-state index contributed by atoms with van der Waals surface area (Å²) in [6, 6.07) is 10.6. The lowest BCUT2D eigenvalue weighted by atomic mass is 10.0. The van der Waals surface area contributed by atoms with Crippen molar-refractivity contribution in [3.8, 4) is 11.3 Å². The van der Waals surface area contributed by atoms with Crippen molar-refractivity contribution >= 4 is 40.0 Å². The third kappa shape index (κ3) is 4.63. The molecule has 28 heavy (non-hydrogen) atoms. The van der Waals surface area contributed by atoms with Crippen LogP contribution in [0, 0.1) is 24.0 Å². The van der Waals surface area contributed by atoms with Gasteiger partial charge in [-0.05, 0) is 43.2 Å². The average molecular weight is 463 g/mol. The van der Waals surface area contributed by atoms with Gasteiger partial charge in [-0.1, -0.05) is 12.1 Å². The fraction of sp³-hybridized carbons (Fsp3) is 0.200. The molecule has 1 aromatic heterocycles. The molecular weight excluding hydrogens is 444 g/mol. The van der Waals surface area contributed by atoms with Crippen LogP contribution in [0.25, 0.3) is 11.3 Å². The van der Waals surface area contributed by atoms with Crippen LogP contribution in [0.5, 0.6) is 0 Å². The van der Waals surface area contributed by atoms with E-state index in [0.29, 0.717) is 17.5 Å². The van der Waals surface area contributed by atoms with E-state index >= 15 is 0 Å². The van der Waals surface area contributed by atoms with E-state index < -0.39 is 0 Å². The number of aryl methyl sites for hydroxylation is 2. The SMILES string of the molecule is Br.COC(=O)c1ccc(-c2csc(Cc3cc(C)c([N+](=O)[O-])cc3C)n2)cc1. The molecule has 0 N–H and O–H groups in total. The van der Waals surface area contributed by atoms with Crippen molar-refractivity contribution in [2.45, 2.75) is 20.3 Å². The van der Waals surface area contributed by atoms with E-state index in [2.05, 4.69) is 4.98 Å². The van der Waals surface area contributed by atoms with Gasteiger partial charge in [-0.2, -0.15) is 0 Å². The predicted octanol–water partition coefficient (Wildman–Crippen LogP) is 5.29. The molecule has 8 heteroatoms. The standard InChI is InChI=1S/C20H18N2O4S.BrH/c1-12-9-18(22(24)25)13(2)8-16(12)10-19-21-17(11-27-19)14-4-6-15(7-5-14)20(23)26-3;/h4-9,11H,10H2,1-3H3;1H. The van der Waals surface area contributed by atoms with E-state index in [1.165, 1.54) is 7.11 Å². The maximum Gasteiger partial charge on any atom is 0.337 e. The number of nitro groups is 1. The lowest BCUT2D eigenvalue weighted by Gasteiger charge is -2.06. The minimum Gasteiger partial charge on any atom is -0.465 e. The molecule has 0 bridgehead atoms. The topological polar surface area (TPSA) is 82.3 Å². The largest absolute Gasteiger partial charge is 0.465 e. The van der Waals surface area contributed by atoms with Gasteiger partial charge in [0.15, 0.2) is 0 Å². The molecule has 0 aliphatic heterocycles. The van der Waals surface area contributed by atoms with Gasteiger partial charge in [0, 0.05) is 29.0 Å². The molecule has 0 spiro atoms. The molecule has 0 aliphatic rings. The van der Waals surface area contributed by atoms with Gasteiger partial charge < -0.3 is 4.74 Å². The minimum absolute atomic E-state index is 0. The summed E-state index contributed by atoms with van der Waals surface area (Å²) in [5.41, 5.74) is 4.95. The van der Waals surface area contributed by atoms with Crippen LogP contribution >= 0.6 is 28.3 Å². The van der Waals surface area contributed by atoms with Gasteiger partial charge >= 0.3 is 5.97 Å². The van der Waals surface area contributed by atoms with E-state index in [0.717, 1.165) is 27.4 Å². The summed E-state index contributed by atoms with van der Waals surface area (Å²) in [4.78, 5) is 26.9. The van der Waals surface area contributed by atoms with Crippen LogP contribution in [-0.2, 0) is 11.2 Å². The van der Waals surface area contributed by atoms with Gasteiger partial charge in [0.05, 0.1) is 28.3 Å². The number of carbonyl (C=O) groups is 1. The Bertz CT molecular complexity index is 1020. The first-order chi connectivity index (χ1) is 12.9. The molecule has 0 radical (unpaired) electrons. The Morgan fingerprint density at radius 3 is 2.46 bits per heavy atom. The summed E-state index contributed by atoms with van der Waals surface area (Å²) in [6.07, 6.45) is 0.621. The molecule has 0 unspecified atom stereocenters. The van der Waals surface area contributed by atoms with Gasteiger partial charge in [0.1, 0.15) is 0 Å². The van der Waals surface area contributed by atoms with Crippen LogP contribution in [0.1, 0.15) is 32.1 Å². The Morgan fingerprint density at radius 1 is 1.18 bits per heavy atom. The molecule has 0 amide bonds. The first-order valence-electron chi connectivity index (χ1n) is 8.26. The first-order valence-corrected chi connectivity index (χ1v) is 9.14. The van der Waals surface area contributed by atoms with Gasteiger partial charge in [-0.3, -0.25) is 10.1 Å². The fourth-order valence-corrected chi connectivity index (χ4v) is 3.66. The number of methoxy groups -OCH3 is 1. The number of nitrogens with zero attached hydrogens (tertiary/aromatic N) is 2. The lowest BCUT2D eigenvalue weighted by Crippen LogP contribution is -2.00. The zero-order valence-corrected chi connectivity index (χ0v) is 18.1. The van der Waals surface area contributed by atoms with Gasteiger partial charge in [0.2, 0.25) is 0 Å². The van der Waals surface area contributed by atoms with E-state index in [4.69, 9.17) is 4.74 Å². The van der Waals surface area contributed by atoms with Gasteiger partial charge in [-0.15, -0.1) is 28.3 Å². The second-order valence-corrected chi connectivity index (χ2v) is 7.14. The molecule has 6 nitrogen and oxygen atoms in total. The Morgan fingerprint density at radius 2 is 1.86 bits per heavy atom. The van der Waals surface area contributed by atoms with Crippen molar-refractivity contribution in [3.63, 3.8) is 0 Å². The molecule has 0 saturated carbocycles. The number of ether oxygens (including phenoxy) is 1. The summed E-state index contributed by atoms with van der Waals surface area (Å²) in [5.74, 6) is -0.371. The number of carbonyl (C=O) groups excluding carboxylic acids is 1. The highest BCUT2D eigenvalue weighted by Crippen LogP contribution is 2.27. The lowest BCUT2D eigenvalue weighted by molar-refractivity contribution is -0.385. The number of halogens is 1. The van der Waals surface area contributed by atoms with Crippen molar-refractivity contribution in [1.82, 2.24) is 4.98 Å². The number of esters is 1. The van der Waals surface area contributed by atoms with E-state index in [1.807, 2.05) is 30.5 Å². The van der Waals surface area contributed by atoms with Crippen LogP contribution in [0.3, 0.4) is 0 Å². The van der Waals surface area contributed by atoms with Gasteiger partial charge in [0.25, 0.3) is 5.69 Å². The zero-order chi connectivity index (χ0) is 19.6. The highest BCUT2D eigenvalue weighted by molar-refractivity contribution is 8.93. The Kier molecular flexibility index (Phi) is 7.04. The number of thiazole rings is 1. The molecular formula is C20H19BrN2O4S. The van der Waals surface area contributed by atoms with Crippen molar-refractivity contribution in [2.75, 3.05) is 7.11 Å². The molecule has 0 saturated heterocycles. The average Bonchev–Trinajstić information content (AvgIpc) is 3.12. The Balaban J connectivity index is 0.00000280. The monoisotopic (exact) mass is 462 g/mol. The van der Waals surface area contributed by atoms with E-state index in [9.17, 15) is 14.9 Å². The summed E-state index contributed by atoms with van der Waals surface area (Å²) >= 11 is 1.54. The minimum atomic E-state index is -0.371. The van der Waals surface area contributed by atoms with Crippen LogP contribution in [0.15, 0.2) is 41.8 Å². The van der Waals surface area contributed by atoms with E-state index in [1.54, 1.807) is 36.5 Å². The van der Waals surface area contributed by atoms with Crippen molar-refractivity contribution in [2.24, 2.45) is 0 Å². The normalized spacial score (nSPS) is 10.2. The Labute approximate surface area is 177 Å². The van der Waals surface area contributed by atoms with E-state index in [-0.39, 0.29) is 33.6 Å². The highest BCUT2D eigenvalue weighted by Gasteiger charge is 2.15. The van der Waals surface area contributed by atoms with Crippen LogP contribution in [-0.4, -0.2) is 23.0 Å². The summed E-state index contributed by atoms with van der Waals surface area (Å²) < 4.78 is 4.70. The third-order valence-electron chi connectivity index (χ3n) is 4.35. The molecule has 146 valence electrons. The van der Waals surface area contributed by atoms with Crippen molar-refractivity contribution < 1.29 is 14.5 Å². The first kappa shape index (κ1) is 21.7. The molecule has 0 atom stereocenters. The van der Waals surface area contributed by atoms with Crippen LogP contribution < -0.4 is 0 Å². The summed E-state index contributed by atoms with van der Waals surface area (Å²) in [5, 5.41) is 14.0. The zero-order valence-electron chi connectivity index (χ0n) is 15.6. The maximum absolute atomic E-state index is 11.5. The third-order valence-corrected chi connectivity index (χ3v) is 5.20. The molecule has 3 rings (SSSR count). The summed E-state index contributed by atoms with van der Waals surface area (Å²) in [6.45, 7) is 3.62. The van der Waals surface area contributed by atoms with Crippen LogP contribution in [0.4, 0.5) is 5.69 Å². The van der Waals surface area contributed by atoms with Crippen LogP contribution in [0.2, 0.25) is 0 Å².